The summed E-state index contributed by atoms with van der Waals surface area (Å²) in [5.41, 5.74) is 4.31. The van der Waals surface area contributed by atoms with Crippen LogP contribution in [0.1, 0.15) is 41.8 Å². The third-order valence-corrected chi connectivity index (χ3v) is 6.70. The van der Waals surface area contributed by atoms with Gasteiger partial charge in [-0.15, -0.1) is 0 Å². The van der Waals surface area contributed by atoms with Crippen LogP contribution in [0.15, 0.2) is 66.7 Å². The molecule has 3 aromatic rings. The van der Waals surface area contributed by atoms with Crippen LogP contribution in [0.5, 0.6) is 0 Å². The lowest BCUT2D eigenvalue weighted by Crippen LogP contribution is -2.50. The van der Waals surface area contributed by atoms with Gasteiger partial charge in [0.25, 0.3) is 5.91 Å². The Labute approximate surface area is 234 Å². The van der Waals surface area contributed by atoms with Crippen LogP contribution in [-0.4, -0.2) is 48.9 Å². The first-order valence-corrected chi connectivity index (χ1v) is 13.5. The maximum atomic E-state index is 13.4. The molecule has 0 unspecified atom stereocenters. The summed E-state index contributed by atoms with van der Waals surface area (Å²) >= 11 is 0. The van der Waals surface area contributed by atoms with Crippen molar-refractivity contribution in [2.45, 2.75) is 33.7 Å². The molecule has 8 nitrogen and oxygen atoms in total. The number of hydrogen-bond donors (Lipinski definition) is 3. The van der Waals surface area contributed by atoms with Crippen molar-refractivity contribution in [2.24, 2.45) is 5.92 Å². The number of urea groups is 1. The Morgan fingerprint density at radius 1 is 0.850 bits per heavy atom. The highest BCUT2D eigenvalue weighted by Crippen LogP contribution is 2.26. The van der Waals surface area contributed by atoms with E-state index in [9.17, 15) is 18.8 Å². The summed E-state index contributed by atoms with van der Waals surface area (Å²) in [7, 11) is 0. The summed E-state index contributed by atoms with van der Waals surface area (Å²) in [6.07, 6.45) is 0.375. The molecule has 0 radical (unpaired) electrons. The molecule has 0 atom stereocenters. The van der Waals surface area contributed by atoms with Crippen LogP contribution in [0.2, 0.25) is 0 Å². The number of rotatable bonds is 8. The Hall–Kier alpha value is -4.40. The number of nitrogens with zero attached hydrogens (tertiary/aromatic N) is 2. The molecule has 1 fully saturated rings. The summed E-state index contributed by atoms with van der Waals surface area (Å²) < 4.78 is 13.3. The molecule has 4 amide bonds. The van der Waals surface area contributed by atoms with Gasteiger partial charge in [-0.1, -0.05) is 43.7 Å². The smallest absolute Gasteiger partial charge is 0.321 e. The molecule has 40 heavy (non-hydrogen) atoms. The fourth-order valence-corrected chi connectivity index (χ4v) is 4.52. The topological polar surface area (TPSA) is 93.8 Å². The second-order valence-electron chi connectivity index (χ2n) is 10.5. The van der Waals surface area contributed by atoms with Gasteiger partial charge in [0.15, 0.2) is 0 Å². The van der Waals surface area contributed by atoms with Crippen LogP contribution in [-0.2, 0) is 11.3 Å². The zero-order chi connectivity index (χ0) is 28.6. The minimum atomic E-state index is -0.339. The number of amides is 4. The van der Waals surface area contributed by atoms with Gasteiger partial charge in [-0.25, -0.2) is 9.18 Å². The Morgan fingerprint density at radius 2 is 1.50 bits per heavy atom. The SMILES string of the molecule is Cc1ccc(NC(=O)N2CCN(c3ccc(NC(=O)CC(C)C)cc3C(=O)NCc3ccc(F)cc3)CC2)cc1. The molecule has 0 saturated carbocycles. The number of carbonyl (C=O) groups is 3. The van der Waals surface area contributed by atoms with E-state index in [4.69, 9.17) is 0 Å². The number of anilines is 3. The molecule has 3 N–H and O–H groups in total. The molecule has 1 heterocycles. The number of hydrogen-bond acceptors (Lipinski definition) is 4. The van der Waals surface area contributed by atoms with E-state index in [1.165, 1.54) is 12.1 Å². The fourth-order valence-electron chi connectivity index (χ4n) is 4.52. The van der Waals surface area contributed by atoms with E-state index in [1.54, 1.807) is 29.2 Å². The maximum Gasteiger partial charge on any atom is 0.321 e. The molecule has 0 bridgehead atoms. The van der Waals surface area contributed by atoms with E-state index < -0.39 is 0 Å². The van der Waals surface area contributed by atoms with Crippen LogP contribution in [0, 0.1) is 18.7 Å². The molecule has 1 aliphatic heterocycles. The third-order valence-electron chi connectivity index (χ3n) is 6.70. The molecule has 0 aromatic heterocycles. The van der Waals surface area contributed by atoms with Crippen molar-refractivity contribution in [3.05, 3.63) is 89.2 Å². The molecule has 1 saturated heterocycles. The van der Waals surface area contributed by atoms with Gasteiger partial charge in [0.1, 0.15) is 5.82 Å². The number of benzene rings is 3. The second kappa shape index (κ2) is 13.1. The Kier molecular flexibility index (Phi) is 9.37. The third kappa shape index (κ3) is 7.81. The Balaban J connectivity index is 1.46. The summed E-state index contributed by atoms with van der Waals surface area (Å²) in [5, 5.41) is 8.74. The van der Waals surface area contributed by atoms with E-state index in [-0.39, 0.29) is 36.1 Å². The molecule has 1 aliphatic rings. The number of aryl methyl sites for hydroxylation is 1. The van der Waals surface area contributed by atoms with Crippen molar-refractivity contribution < 1.29 is 18.8 Å². The van der Waals surface area contributed by atoms with Crippen molar-refractivity contribution in [1.82, 2.24) is 10.2 Å². The van der Waals surface area contributed by atoms with Crippen molar-refractivity contribution >= 4 is 34.9 Å². The van der Waals surface area contributed by atoms with E-state index in [1.807, 2.05) is 51.1 Å². The zero-order valence-electron chi connectivity index (χ0n) is 23.2. The lowest BCUT2D eigenvalue weighted by Gasteiger charge is -2.37. The van der Waals surface area contributed by atoms with Crippen LogP contribution < -0.4 is 20.9 Å². The van der Waals surface area contributed by atoms with Gasteiger partial charge in [0.2, 0.25) is 5.91 Å². The van der Waals surface area contributed by atoms with Crippen molar-refractivity contribution in [3.8, 4) is 0 Å². The maximum absolute atomic E-state index is 13.4. The van der Waals surface area contributed by atoms with Crippen LogP contribution in [0.4, 0.5) is 26.2 Å². The first-order valence-electron chi connectivity index (χ1n) is 13.5. The van der Waals surface area contributed by atoms with Gasteiger partial charge in [0.05, 0.1) is 5.56 Å². The van der Waals surface area contributed by atoms with Gasteiger partial charge in [0, 0.05) is 56.2 Å². The van der Waals surface area contributed by atoms with Crippen molar-refractivity contribution in [3.63, 3.8) is 0 Å². The van der Waals surface area contributed by atoms with Gasteiger partial charge < -0.3 is 25.8 Å². The van der Waals surface area contributed by atoms with Crippen molar-refractivity contribution in [1.29, 1.82) is 0 Å². The van der Waals surface area contributed by atoms with Crippen LogP contribution in [0.25, 0.3) is 0 Å². The zero-order valence-corrected chi connectivity index (χ0v) is 23.2. The lowest BCUT2D eigenvalue weighted by molar-refractivity contribution is -0.116. The number of nitrogens with one attached hydrogen (secondary N) is 3. The Bertz CT molecular complexity index is 1330. The Morgan fingerprint density at radius 3 is 2.15 bits per heavy atom. The van der Waals surface area contributed by atoms with Gasteiger partial charge in [-0.3, -0.25) is 9.59 Å². The van der Waals surface area contributed by atoms with E-state index in [0.29, 0.717) is 43.9 Å². The summed E-state index contributed by atoms with van der Waals surface area (Å²) in [4.78, 5) is 42.4. The highest BCUT2D eigenvalue weighted by molar-refractivity contribution is 6.02. The highest BCUT2D eigenvalue weighted by atomic mass is 19.1. The molecule has 4 rings (SSSR count). The monoisotopic (exact) mass is 545 g/mol. The average molecular weight is 546 g/mol. The molecule has 0 aliphatic carbocycles. The molecular weight excluding hydrogens is 509 g/mol. The summed E-state index contributed by atoms with van der Waals surface area (Å²) in [6.45, 7) is 8.22. The number of carbonyl (C=O) groups excluding carboxylic acids is 3. The predicted octanol–water partition coefficient (Wildman–Crippen LogP) is 5.40. The van der Waals surface area contributed by atoms with Crippen LogP contribution in [0.3, 0.4) is 0 Å². The first-order chi connectivity index (χ1) is 19.2. The minimum absolute atomic E-state index is 0.117. The van der Waals surface area contributed by atoms with Crippen LogP contribution >= 0.6 is 0 Å². The van der Waals surface area contributed by atoms with Crippen molar-refractivity contribution in [2.75, 3.05) is 41.7 Å². The molecule has 210 valence electrons. The quantitative estimate of drug-likeness (QED) is 0.353. The largest absolute Gasteiger partial charge is 0.367 e. The summed E-state index contributed by atoms with van der Waals surface area (Å²) in [6, 6.07) is 18.8. The molecule has 9 heteroatoms. The standard InChI is InChI=1S/C31H36FN5O3/c1-21(2)18-29(38)34-26-12-13-28(27(19-26)30(39)33-20-23-6-8-24(32)9-7-23)36-14-16-37(17-15-36)31(40)35-25-10-4-22(3)5-11-25/h4-13,19,21H,14-18,20H2,1-3H3,(H,33,39)(H,34,38)(H,35,40). The van der Waals surface area contributed by atoms with Gasteiger partial charge in [-0.2, -0.15) is 0 Å². The predicted molar refractivity (Wildman–Crippen MR) is 156 cm³/mol. The molecule has 3 aromatic carbocycles. The average Bonchev–Trinajstić information content (AvgIpc) is 2.93. The van der Waals surface area contributed by atoms with Gasteiger partial charge >= 0.3 is 6.03 Å². The lowest BCUT2D eigenvalue weighted by atomic mass is 10.1. The normalized spacial score (nSPS) is 13.2. The molecule has 0 spiro atoms. The number of piperazine rings is 1. The van der Waals surface area contributed by atoms with Gasteiger partial charge in [-0.05, 0) is 60.9 Å². The fraction of sp³-hybridized carbons (Fsp3) is 0.323. The second-order valence-corrected chi connectivity index (χ2v) is 10.5. The highest BCUT2D eigenvalue weighted by Gasteiger charge is 2.25. The molecular formula is C31H36FN5O3. The van der Waals surface area contributed by atoms with E-state index >= 15 is 0 Å². The first kappa shape index (κ1) is 28.6. The summed E-state index contributed by atoms with van der Waals surface area (Å²) in [5.74, 6) is -0.557. The number of halogens is 1. The van der Waals surface area contributed by atoms with E-state index in [2.05, 4.69) is 20.9 Å². The van der Waals surface area contributed by atoms with E-state index in [0.717, 1.165) is 22.5 Å². The minimum Gasteiger partial charge on any atom is -0.367 e.